The van der Waals surface area contributed by atoms with E-state index in [-0.39, 0.29) is 24.8 Å². The Morgan fingerprint density at radius 1 is 1.09 bits per heavy atom. The smallest absolute Gasteiger partial charge is 0.326 e. The molecule has 0 bridgehead atoms. The zero-order valence-corrected chi connectivity index (χ0v) is 19.5. The number of amides is 2. The molecule has 3 rings (SSSR count). The van der Waals surface area contributed by atoms with Crippen LogP contribution < -0.4 is 16.0 Å². The highest BCUT2D eigenvalue weighted by Gasteiger charge is 2.23. The zero-order chi connectivity index (χ0) is 23.5. The minimum Gasteiger partial charge on any atom is -0.480 e. The number of hydrogen-bond acceptors (Lipinski definition) is 5. The van der Waals surface area contributed by atoms with Gasteiger partial charge >= 0.3 is 5.97 Å². The fraction of sp³-hybridized carbons (Fsp3) is 0.680. The minimum atomic E-state index is -1.06. The molecule has 1 fully saturated rings. The molecular formula is C25H38N4O4. The second kappa shape index (κ2) is 13.2. The Morgan fingerprint density at radius 3 is 2.70 bits per heavy atom. The van der Waals surface area contributed by atoms with E-state index in [1.165, 1.54) is 12.0 Å². The van der Waals surface area contributed by atoms with Crippen molar-refractivity contribution >= 4 is 23.6 Å². The van der Waals surface area contributed by atoms with Crippen molar-refractivity contribution in [1.82, 2.24) is 15.6 Å². The first kappa shape index (κ1) is 25.0. The molecule has 8 heteroatoms. The van der Waals surface area contributed by atoms with Crippen LogP contribution in [-0.2, 0) is 27.2 Å². The lowest BCUT2D eigenvalue weighted by Gasteiger charge is -2.22. The number of carboxylic acids is 1. The average molecular weight is 459 g/mol. The van der Waals surface area contributed by atoms with Gasteiger partial charge in [-0.25, -0.2) is 9.78 Å². The van der Waals surface area contributed by atoms with Gasteiger partial charge in [-0.3, -0.25) is 9.59 Å². The van der Waals surface area contributed by atoms with Gasteiger partial charge in [-0.2, -0.15) is 0 Å². The van der Waals surface area contributed by atoms with Crippen LogP contribution in [0.25, 0.3) is 0 Å². The number of carboxylic acid groups (broad SMARTS) is 1. The molecule has 1 aromatic rings. The van der Waals surface area contributed by atoms with Crippen LogP contribution >= 0.6 is 0 Å². The molecule has 1 aliphatic carbocycles. The van der Waals surface area contributed by atoms with Crippen LogP contribution in [0.4, 0.5) is 5.82 Å². The predicted octanol–water partition coefficient (Wildman–Crippen LogP) is 3.20. The molecule has 1 saturated carbocycles. The Morgan fingerprint density at radius 2 is 1.91 bits per heavy atom. The van der Waals surface area contributed by atoms with Gasteiger partial charge in [-0.15, -0.1) is 0 Å². The largest absolute Gasteiger partial charge is 0.480 e. The highest BCUT2D eigenvalue weighted by molar-refractivity contribution is 5.83. The van der Waals surface area contributed by atoms with Crippen molar-refractivity contribution in [3.05, 3.63) is 23.4 Å². The van der Waals surface area contributed by atoms with Gasteiger partial charge in [0, 0.05) is 31.6 Å². The Balaban J connectivity index is 1.29. The van der Waals surface area contributed by atoms with Crippen molar-refractivity contribution in [1.29, 1.82) is 0 Å². The first-order valence-electron chi connectivity index (χ1n) is 12.5. The lowest BCUT2D eigenvalue weighted by atomic mass is 9.87. The second-order valence-electron chi connectivity index (χ2n) is 9.35. The molecule has 1 aliphatic heterocycles. The van der Waals surface area contributed by atoms with Crippen LogP contribution in [0.2, 0.25) is 0 Å². The van der Waals surface area contributed by atoms with Crippen LogP contribution in [0, 0.1) is 5.92 Å². The molecule has 8 nitrogen and oxygen atoms in total. The third-order valence-electron chi connectivity index (χ3n) is 6.63. The third kappa shape index (κ3) is 8.67. The van der Waals surface area contributed by atoms with Crippen molar-refractivity contribution in [3.63, 3.8) is 0 Å². The summed E-state index contributed by atoms with van der Waals surface area (Å²) in [5, 5.41) is 18.2. The number of anilines is 1. The van der Waals surface area contributed by atoms with Gasteiger partial charge in [0.2, 0.25) is 11.8 Å². The van der Waals surface area contributed by atoms with E-state index in [1.807, 2.05) is 0 Å². The fourth-order valence-electron chi connectivity index (χ4n) is 4.71. The number of carbonyl (C=O) groups excluding carboxylic acids is 2. The summed E-state index contributed by atoms with van der Waals surface area (Å²) >= 11 is 0. The van der Waals surface area contributed by atoms with E-state index in [9.17, 15) is 19.5 Å². The zero-order valence-electron chi connectivity index (χ0n) is 19.5. The normalized spacial score (nSPS) is 16.8. The fourth-order valence-corrected chi connectivity index (χ4v) is 4.71. The number of carbonyl (C=O) groups is 3. The van der Waals surface area contributed by atoms with Crippen molar-refractivity contribution in [2.24, 2.45) is 5.92 Å². The van der Waals surface area contributed by atoms with Gasteiger partial charge in [0.05, 0.1) is 0 Å². The topological polar surface area (TPSA) is 120 Å². The molecule has 2 aliphatic rings. The van der Waals surface area contributed by atoms with E-state index in [0.717, 1.165) is 75.8 Å². The quantitative estimate of drug-likeness (QED) is 0.357. The summed E-state index contributed by atoms with van der Waals surface area (Å²) < 4.78 is 0. The first-order valence-corrected chi connectivity index (χ1v) is 12.5. The number of pyridine rings is 1. The van der Waals surface area contributed by atoms with E-state index in [2.05, 4.69) is 33.1 Å². The molecule has 0 saturated heterocycles. The van der Waals surface area contributed by atoms with Gasteiger partial charge in [-0.1, -0.05) is 25.3 Å². The standard InChI is InChI=1S/C25H38N4O4/c30-22(11-5-4-10-20-13-12-19-9-6-15-27-24(19)28-20)26-16-14-21(25(32)33)29-23(31)17-18-7-2-1-3-8-18/h12-13,18,21H,1-11,14-17H2,(H,26,30)(H,27,28)(H,29,31)(H,32,33). The average Bonchev–Trinajstić information content (AvgIpc) is 2.81. The molecule has 1 unspecified atom stereocenters. The van der Waals surface area contributed by atoms with Crippen LogP contribution in [-0.4, -0.2) is 47.0 Å². The summed E-state index contributed by atoms with van der Waals surface area (Å²) in [5.74, 6) is 0.00334. The molecular weight excluding hydrogens is 420 g/mol. The Labute approximate surface area is 196 Å². The van der Waals surface area contributed by atoms with Crippen LogP contribution in [0.5, 0.6) is 0 Å². The van der Waals surface area contributed by atoms with Crippen molar-refractivity contribution in [2.45, 2.75) is 89.5 Å². The molecule has 2 heterocycles. The lowest BCUT2D eigenvalue weighted by molar-refractivity contribution is -0.142. The Hall–Kier alpha value is -2.64. The highest BCUT2D eigenvalue weighted by Crippen LogP contribution is 2.26. The third-order valence-corrected chi connectivity index (χ3v) is 6.63. The number of aromatic nitrogens is 1. The number of rotatable bonds is 12. The maximum Gasteiger partial charge on any atom is 0.326 e. The summed E-state index contributed by atoms with van der Waals surface area (Å²) in [6.07, 6.45) is 11.2. The molecule has 0 aromatic carbocycles. The van der Waals surface area contributed by atoms with E-state index in [4.69, 9.17) is 0 Å². The minimum absolute atomic E-state index is 0.0901. The molecule has 1 atom stereocenters. The lowest BCUT2D eigenvalue weighted by Crippen LogP contribution is -2.43. The maximum atomic E-state index is 12.2. The summed E-state index contributed by atoms with van der Waals surface area (Å²) in [4.78, 5) is 40.5. The van der Waals surface area contributed by atoms with E-state index >= 15 is 0 Å². The molecule has 2 amide bonds. The van der Waals surface area contributed by atoms with Gasteiger partial charge in [0.1, 0.15) is 11.9 Å². The Kier molecular flexibility index (Phi) is 9.97. The molecule has 33 heavy (non-hydrogen) atoms. The molecule has 0 radical (unpaired) electrons. The maximum absolute atomic E-state index is 12.2. The van der Waals surface area contributed by atoms with Crippen molar-refractivity contribution in [2.75, 3.05) is 18.4 Å². The number of aliphatic carboxylic acids is 1. The Bertz CT molecular complexity index is 808. The monoisotopic (exact) mass is 458 g/mol. The van der Waals surface area contributed by atoms with Crippen molar-refractivity contribution in [3.8, 4) is 0 Å². The number of aryl methyl sites for hydroxylation is 2. The summed E-state index contributed by atoms with van der Waals surface area (Å²) in [5.41, 5.74) is 2.31. The van der Waals surface area contributed by atoms with Crippen LogP contribution in [0.1, 0.15) is 81.9 Å². The van der Waals surface area contributed by atoms with Gasteiger partial charge in [0.25, 0.3) is 0 Å². The van der Waals surface area contributed by atoms with E-state index in [1.54, 1.807) is 0 Å². The summed E-state index contributed by atoms with van der Waals surface area (Å²) in [7, 11) is 0. The predicted molar refractivity (Wildman–Crippen MR) is 127 cm³/mol. The second-order valence-corrected chi connectivity index (χ2v) is 9.35. The SMILES string of the molecule is O=C(CCCCc1ccc2c(n1)NCCC2)NCCC(NC(=O)CC1CCCCC1)C(=O)O. The van der Waals surface area contributed by atoms with Crippen LogP contribution in [0.3, 0.4) is 0 Å². The highest BCUT2D eigenvalue weighted by atomic mass is 16.4. The van der Waals surface area contributed by atoms with E-state index in [0.29, 0.717) is 18.8 Å². The number of fused-ring (bicyclic) bond motifs is 1. The van der Waals surface area contributed by atoms with Gasteiger partial charge < -0.3 is 21.1 Å². The number of nitrogens with one attached hydrogen (secondary N) is 3. The number of unbranched alkanes of at least 4 members (excludes halogenated alkanes) is 1. The molecule has 182 valence electrons. The number of hydrogen-bond donors (Lipinski definition) is 4. The number of nitrogens with zero attached hydrogens (tertiary/aromatic N) is 1. The summed E-state index contributed by atoms with van der Waals surface area (Å²) in [6.45, 7) is 1.20. The van der Waals surface area contributed by atoms with Gasteiger partial charge in [-0.05, 0) is 68.9 Å². The molecule has 1 aromatic heterocycles. The molecule has 4 N–H and O–H groups in total. The summed E-state index contributed by atoms with van der Waals surface area (Å²) in [6, 6.07) is 3.24. The molecule has 0 spiro atoms. The first-order chi connectivity index (χ1) is 16.0. The van der Waals surface area contributed by atoms with Crippen LogP contribution in [0.15, 0.2) is 12.1 Å². The van der Waals surface area contributed by atoms with Gasteiger partial charge in [0.15, 0.2) is 0 Å². The van der Waals surface area contributed by atoms with E-state index < -0.39 is 12.0 Å². The van der Waals surface area contributed by atoms with Crippen molar-refractivity contribution < 1.29 is 19.5 Å².